The van der Waals surface area contributed by atoms with Gasteiger partial charge in [-0.15, -0.1) is 24.8 Å². The fourth-order valence-electron chi connectivity index (χ4n) is 2.71. The van der Waals surface area contributed by atoms with E-state index in [0.717, 1.165) is 48.3 Å². The second kappa shape index (κ2) is 9.42. The highest BCUT2D eigenvalue weighted by Crippen LogP contribution is 2.21. The van der Waals surface area contributed by atoms with Gasteiger partial charge in [0.05, 0.1) is 0 Å². The molecule has 0 amide bonds. The second-order valence-electron chi connectivity index (χ2n) is 5.90. The van der Waals surface area contributed by atoms with Gasteiger partial charge in [0, 0.05) is 55.2 Å². The second-order valence-corrected chi connectivity index (χ2v) is 6.33. The number of aromatic nitrogens is 2. The molecule has 0 unspecified atom stereocenters. The molecule has 2 heterocycles. The molecule has 1 aromatic carbocycles. The average Bonchev–Trinajstić information content (AvgIpc) is 2.56. The van der Waals surface area contributed by atoms with Crippen LogP contribution in [0, 0.1) is 0 Å². The molecule has 0 atom stereocenters. The van der Waals surface area contributed by atoms with E-state index in [9.17, 15) is 0 Å². The van der Waals surface area contributed by atoms with Gasteiger partial charge in [0.1, 0.15) is 0 Å². The van der Waals surface area contributed by atoms with E-state index in [1.807, 2.05) is 36.7 Å². The van der Waals surface area contributed by atoms with Gasteiger partial charge in [-0.3, -0.25) is 4.90 Å². The zero-order chi connectivity index (χ0) is 15.5. The quantitative estimate of drug-likeness (QED) is 0.788. The number of anilines is 1. The zero-order valence-electron chi connectivity index (χ0n) is 13.9. The van der Waals surface area contributed by atoms with E-state index in [4.69, 9.17) is 11.6 Å². The minimum absolute atomic E-state index is 0. The van der Waals surface area contributed by atoms with Crippen LogP contribution in [0.5, 0.6) is 0 Å². The first-order valence-electron chi connectivity index (χ1n) is 7.70. The number of piperazine rings is 1. The third kappa shape index (κ3) is 4.96. The van der Waals surface area contributed by atoms with E-state index >= 15 is 0 Å². The Hall–Kier alpha value is -1.07. The fourth-order valence-corrected chi connectivity index (χ4v) is 2.84. The monoisotopic (exact) mass is 388 g/mol. The van der Waals surface area contributed by atoms with Crippen LogP contribution in [0.3, 0.4) is 0 Å². The standard InChI is InChI=1S/C17H21ClN4.2ClH/c1-13(2)21-7-9-22(10-8-21)17-19-11-15(12-20-17)14-3-5-16(18)6-4-14;;/h3-6,11-13H,7-10H2,1-2H3;2*1H. The predicted octanol–water partition coefficient (Wildman–Crippen LogP) is 4.17. The van der Waals surface area contributed by atoms with Crippen molar-refractivity contribution in [3.63, 3.8) is 0 Å². The van der Waals surface area contributed by atoms with E-state index in [1.54, 1.807) is 0 Å². The maximum absolute atomic E-state index is 5.92. The molecule has 1 saturated heterocycles. The van der Waals surface area contributed by atoms with E-state index in [1.165, 1.54) is 0 Å². The molecule has 0 bridgehead atoms. The number of hydrogen-bond acceptors (Lipinski definition) is 4. The molecule has 0 spiro atoms. The van der Waals surface area contributed by atoms with Crippen molar-refractivity contribution >= 4 is 42.4 Å². The molecule has 0 radical (unpaired) electrons. The maximum Gasteiger partial charge on any atom is 0.225 e. The van der Waals surface area contributed by atoms with Gasteiger partial charge in [-0.05, 0) is 31.5 Å². The van der Waals surface area contributed by atoms with Crippen molar-refractivity contribution in [2.45, 2.75) is 19.9 Å². The van der Waals surface area contributed by atoms with Crippen LogP contribution in [-0.2, 0) is 0 Å². The van der Waals surface area contributed by atoms with Crippen molar-refractivity contribution in [3.8, 4) is 11.1 Å². The van der Waals surface area contributed by atoms with Gasteiger partial charge in [0.25, 0.3) is 0 Å². The predicted molar refractivity (Wildman–Crippen MR) is 106 cm³/mol. The van der Waals surface area contributed by atoms with Crippen LogP contribution < -0.4 is 4.90 Å². The van der Waals surface area contributed by atoms with Crippen LogP contribution in [0.15, 0.2) is 36.7 Å². The Balaban J connectivity index is 0.00000144. The molecule has 2 aromatic rings. The largest absolute Gasteiger partial charge is 0.338 e. The van der Waals surface area contributed by atoms with Crippen molar-refractivity contribution in [3.05, 3.63) is 41.7 Å². The zero-order valence-corrected chi connectivity index (χ0v) is 16.2. The number of nitrogens with zero attached hydrogens (tertiary/aromatic N) is 4. The van der Waals surface area contributed by atoms with Crippen LogP contribution in [0.25, 0.3) is 11.1 Å². The summed E-state index contributed by atoms with van der Waals surface area (Å²) in [5.74, 6) is 0.820. The van der Waals surface area contributed by atoms with Gasteiger partial charge < -0.3 is 4.90 Å². The minimum Gasteiger partial charge on any atom is -0.338 e. The van der Waals surface area contributed by atoms with Gasteiger partial charge in [-0.1, -0.05) is 23.7 Å². The summed E-state index contributed by atoms with van der Waals surface area (Å²) in [6, 6.07) is 8.35. The molecule has 0 N–H and O–H groups in total. The normalized spacial score (nSPS) is 14.9. The van der Waals surface area contributed by atoms with E-state index in [2.05, 4.69) is 33.6 Å². The van der Waals surface area contributed by atoms with Crippen LogP contribution in [0.4, 0.5) is 5.95 Å². The number of halogens is 3. The molecule has 1 fully saturated rings. The van der Waals surface area contributed by atoms with Crippen molar-refractivity contribution in [1.82, 2.24) is 14.9 Å². The summed E-state index contributed by atoms with van der Waals surface area (Å²) in [4.78, 5) is 13.8. The first kappa shape index (κ1) is 21.0. The molecule has 7 heteroatoms. The van der Waals surface area contributed by atoms with Gasteiger partial charge in [0.2, 0.25) is 5.95 Å². The van der Waals surface area contributed by atoms with Crippen LogP contribution in [-0.4, -0.2) is 47.1 Å². The molecular formula is C17H23Cl3N4. The smallest absolute Gasteiger partial charge is 0.225 e. The van der Waals surface area contributed by atoms with Crippen molar-refractivity contribution in [2.75, 3.05) is 31.1 Å². The summed E-state index contributed by atoms with van der Waals surface area (Å²) in [7, 11) is 0. The third-order valence-electron chi connectivity index (χ3n) is 4.14. The van der Waals surface area contributed by atoms with E-state index < -0.39 is 0 Å². The van der Waals surface area contributed by atoms with Gasteiger partial charge >= 0.3 is 0 Å². The summed E-state index contributed by atoms with van der Waals surface area (Å²) in [6.07, 6.45) is 3.78. The Morgan fingerprint density at radius 3 is 1.92 bits per heavy atom. The van der Waals surface area contributed by atoms with Gasteiger partial charge in [0.15, 0.2) is 0 Å². The van der Waals surface area contributed by atoms with Crippen LogP contribution in [0.1, 0.15) is 13.8 Å². The van der Waals surface area contributed by atoms with Crippen LogP contribution in [0.2, 0.25) is 5.02 Å². The summed E-state index contributed by atoms with van der Waals surface area (Å²) in [5, 5.41) is 0.740. The molecule has 24 heavy (non-hydrogen) atoms. The average molecular weight is 390 g/mol. The minimum atomic E-state index is 0. The van der Waals surface area contributed by atoms with E-state index in [-0.39, 0.29) is 24.8 Å². The van der Waals surface area contributed by atoms with Crippen molar-refractivity contribution in [1.29, 1.82) is 0 Å². The molecule has 132 valence electrons. The summed E-state index contributed by atoms with van der Waals surface area (Å²) in [6.45, 7) is 8.59. The molecule has 0 aliphatic carbocycles. The Morgan fingerprint density at radius 2 is 1.42 bits per heavy atom. The molecule has 3 rings (SSSR count). The topological polar surface area (TPSA) is 32.3 Å². The summed E-state index contributed by atoms with van der Waals surface area (Å²) in [5.41, 5.74) is 2.10. The Morgan fingerprint density at radius 1 is 0.875 bits per heavy atom. The highest BCUT2D eigenvalue weighted by Gasteiger charge is 2.20. The highest BCUT2D eigenvalue weighted by molar-refractivity contribution is 6.30. The molecule has 1 aliphatic heterocycles. The SMILES string of the molecule is CC(C)N1CCN(c2ncc(-c3ccc(Cl)cc3)cn2)CC1.Cl.Cl. The first-order valence-corrected chi connectivity index (χ1v) is 8.08. The summed E-state index contributed by atoms with van der Waals surface area (Å²) >= 11 is 5.92. The molecule has 4 nitrogen and oxygen atoms in total. The van der Waals surface area contributed by atoms with Crippen LogP contribution >= 0.6 is 36.4 Å². The first-order chi connectivity index (χ1) is 10.6. The summed E-state index contributed by atoms with van der Waals surface area (Å²) < 4.78 is 0. The van der Waals surface area contributed by atoms with Crippen molar-refractivity contribution < 1.29 is 0 Å². The van der Waals surface area contributed by atoms with Gasteiger partial charge in [-0.25, -0.2) is 9.97 Å². The Labute approximate surface area is 161 Å². The Kier molecular flexibility index (Phi) is 8.23. The molecule has 0 saturated carbocycles. The van der Waals surface area contributed by atoms with Crippen molar-refractivity contribution in [2.24, 2.45) is 0 Å². The molecule has 1 aromatic heterocycles. The number of rotatable bonds is 3. The Bertz CT molecular complexity index is 609. The fraction of sp³-hybridized carbons (Fsp3) is 0.412. The van der Waals surface area contributed by atoms with Gasteiger partial charge in [-0.2, -0.15) is 0 Å². The lowest BCUT2D eigenvalue weighted by Crippen LogP contribution is -2.49. The number of hydrogen-bond donors (Lipinski definition) is 0. The maximum atomic E-state index is 5.92. The lowest BCUT2D eigenvalue weighted by molar-refractivity contribution is 0.208. The third-order valence-corrected chi connectivity index (χ3v) is 4.40. The lowest BCUT2D eigenvalue weighted by Gasteiger charge is -2.36. The highest BCUT2D eigenvalue weighted by atomic mass is 35.5. The van der Waals surface area contributed by atoms with E-state index in [0.29, 0.717) is 6.04 Å². The molecule has 1 aliphatic rings. The molecular weight excluding hydrogens is 367 g/mol. The lowest BCUT2D eigenvalue weighted by atomic mass is 10.1. The number of benzene rings is 1.